The lowest BCUT2D eigenvalue weighted by Crippen LogP contribution is -2.43. The number of carbonyl (C=O) groups excluding carboxylic acids is 4. The molecule has 0 unspecified atom stereocenters. The standard InChI is InChI=1S/C23H23N7O3.C21H23N9O2.C21H23N9O.C20H21N9O.4CH4/c31-22(27-18-11-25-3-2-19(18)29-7-5-24-6-8-29)17-1-4-26-23(28-17)30-12-15-9-20-21(33-14-32-20)10-16(15)13-30;1-32-21-25-10-14-12-30(13-17(14)28-21)20-24-5-2-15(27-20)19(31)26-16-11-23-4-3-18(16)29-8-6-22-7-9-29;1-14-25-10-15-12-30(13-18(15)26-14)21-24-5-2-16(28-21)20(31)27-17-11-23-4-3-19(17)29-8-6-22-7-9-29;30-19(26-15-11-22-3-2-18(15)28-9-7-21-8-10-28)14-1-4-25-20(27-14)29-12-16-17(13-29)24-6-5-23-16;;;;/h1-4,9-11,24H,5-8,12-14H2,(H,27,31);2-5,10-11,22H,6-9,12-13H2,1H3,(H,26,31);2-5,10-11,22H,6-9,12-13H2,1H3,(H,27,31);1-6,11,21H,7-10,12-13H2,(H,26,30);4*1H4. The number of anilines is 12. The van der Waals surface area contributed by atoms with Crippen LogP contribution in [0.3, 0.4) is 0 Å². The largest absolute Gasteiger partial charge is 0.467 e. The maximum Gasteiger partial charge on any atom is 0.316 e. The second-order valence-corrected chi connectivity index (χ2v) is 30.4. The van der Waals surface area contributed by atoms with Crippen LogP contribution in [0.15, 0.2) is 160 Å². The summed E-state index contributed by atoms with van der Waals surface area (Å²) in [6.07, 6.45) is 27.0. The molecule has 9 aliphatic heterocycles. The molecule has 20 heterocycles. The highest BCUT2D eigenvalue weighted by molar-refractivity contribution is 6.07. The smallest absolute Gasteiger partial charge is 0.316 e. The second-order valence-electron chi connectivity index (χ2n) is 30.4. The third-order valence-corrected chi connectivity index (χ3v) is 22.2. The zero-order chi connectivity index (χ0) is 85.7. The summed E-state index contributed by atoms with van der Waals surface area (Å²) in [5.41, 5.74) is 15.7. The van der Waals surface area contributed by atoms with Gasteiger partial charge >= 0.3 is 6.01 Å². The molecule has 11 aromatic heterocycles. The van der Waals surface area contributed by atoms with Gasteiger partial charge in [-0.2, -0.15) is 4.98 Å². The minimum atomic E-state index is -0.309. The fourth-order valence-electron chi connectivity index (χ4n) is 15.8. The molecule has 674 valence electrons. The number of hydrogen-bond donors (Lipinski definition) is 8. The molecule has 4 amide bonds. The van der Waals surface area contributed by atoms with Gasteiger partial charge in [-0.25, -0.2) is 54.8 Å². The third-order valence-electron chi connectivity index (χ3n) is 22.2. The summed E-state index contributed by atoms with van der Waals surface area (Å²) in [5, 5.41) is 25.2. The maximum absolute atomic E-state index is 13.1. The van der Waals surface area contributed by atoms with Crippen LogP contribution in [0.4, 0.5) is 69.3 Å². The summed E-state index contributed by atoms with van der Waals surface area (Å²) in [4.78, 5) is 147. The molecule has 130 heavy (non-hydrogen) atoms. The van der Waals surface area contributed by atoms with Gasteiger partial charge in [-0.3, -0.25) is 49.1 Å². The van der Waals surface area contributed by atoms with E-state index in [0.717, 1.165) is 190 Å². The first-order valence-corrected chi connectivity index (χ1v) is 41.5. The van der Waals surface area contributed by atoms with Crippen molar-refractivity contribution in [3.05, 3.63) is 233 Å². The number of pyridine rings is 4. The molecule has 41 heteroatoms. The number of benzene rings is 1. The molecular weight excluding hydrogens is 1660 g/mol. The maximum atomic E-state index is 13.1. The second kappa shape index (κ2) is 42.5. The molecule has 4 saturated heterocycles. The lowest BCUT2D eigenvalue weighted by Gasteiger charge is -2.30. The van der Waals surface area contributed by atoms with Crippen LogP contribution >= 0.6 is 0 Å². The van der Waals surface area contributed by atoms with E-state index < -0.39 is 0 Å². The molecule has 0 aliphatic carbocycles. The van der Waals surface area contributed by atoms with Gasteiger partial charge in [0.05, 0.1) is 126 Å². The zero-order valence-corrected chi connectivity index (χ0v) is 69.2. The minimum Gasteiger partial charge on any atom is -0.467 e. The summed E-state index contributed by atoms with van der Waals surface area (Å²) < 4.78 is 16.1. The Morgan fingerprint density at radius 3 is 0.962 bits per heavy atom. The predicted molar refractivity (Wildman–Crippen MR) is 494 cm³/mol. The predicted octanol–water partition coefficient (Wildman–Crippen LogP) is 7.17. The number of aromatic nitrogens is 18. The first-order valence-electron chi connectivity index (χ1n) is 41.5. The number of aryl methyl sites for hydroxylation is 1. The number of piperazine rings is 4. The van der Waals surface area contributed by atoms with E-state index in [4.69, 9.17) is 14.2 Å². The van der Waals surface area contributed by atoms with Crippen molar-refractivity contribution in [1.29, 1.82) is 0 Å². The van der Waals surface area contributed by atoms with E-state index in [1.807, 2.05) is 69.1 Å². The number of nitrogens with zero attached hydrogens (tertiary/aromatic N) is 26. The molecule has 1 aromatic carbocycles. The van der Waals surface area contributed by atoms with E-state index in [1.54, 1.807) is 117 Å². The lowest BCUT2D eigenvalue weighted by atomic mass is 10.1. The Bertz CT molecular complexity index is 5900. The summed E-state index contributed by atoms with van der Waals surface area (Å²) in [6.45, 7) is 21.1. The molecule has 0 atom stereocenters. The Labute approximate surface area is 752 Å². The fraction of sp³-hybridized carbons (Fsp3) is 0.348. The van der Waals surface area contributed by atoms with Crippen LogP contribution in [0, 0.1) is 6.92 Å². The van der Waals surface area contributed by atoms with Gasteiger partial charge in [0.1, 0.15) is 28.6 Å². The van der Waals surface area contributed by atoms with Crippen molar-refractivity contribution in [3.8, 4) is 17.5 Å². The minimum absolute atomic E-state index is 0. The normalized spacial score (nSPS) is 15.4. The van der Waals surface area contributed by atoms with Crippen molar-refractivity contribution >= 4 is 92.9 Å². The van der Waals surface area contributed by atoms with Gasteiger partial charge in [0, 0.05) is 216 Å². The molecule has 4 fully saturated rings. The van der Waals surface area contributed by atoms with Crippen LogP contribution < -0.4 is 95.9 Å². The quantitative estimate of drug-likeness (QED) is 0.0447. The van der Waals surface area contributed by atoms with Crippen LogP contribution in [-0.2, 0) is 52.4 Å². The van der Waals surface area contributed by atoms with E-state index in [2.05, 4.69) is 152 Å². The Kier molecular flexibility index (Phi) is 29.8. The number of nitrogens with one attached hydrogen (secondary N) is 8. The van der Waals surface area contributed by atoms with Crippen molar-refractivity contribution in [2.24, 2.45) is 0 Å². The average molecular weight is 1760 g/mol. The van der Waals surface area contributed by atoms with Crippen LogP contribution in [0.5, 0.6) is 17.5 Å². The molecule has 9 aliphatic rings. The molecule has 0 bridgehead atoms. The van der Waals surface area contributed by atoms with Crippen molar-refractivity contribution in [1.82, 2.24) is 111 Å². The van der Waals surface area contributed by atoms with Crippen molar-refractivity contribution < 1.29 is 33.4 Å². The molecule has 8 N–H and O–H groups in total. The summed E-state index contributed by atoms with van der Waals surface area (Å²) in [7, 11) is 1.54. The van der Waals surface area contributed by atoms with Crippen molar-refractivity contribution in [2.45, 2.75) is 89.0 Å². The van der Waals surface area contributed by atoms with Gasteiger partial charge in [-0.1, -0.05) is 29.7 Å². The van der Waals surface area contributed by atoms with E-state index in [0.29, 0.717) is 122 Å². The molecule has 12 aromatic rings. The Morgan fingerprint density at radius 1 is 0.323 bits per heavy atom. The van der Waals surface area contributed by atoms with E-state index in [1.165, 1.54) is 7.11 Å². The SMILES string of the molecule is C.C.C.C.COc1ncc2c(n1)CN(c1nccc(C(=O)Nc3cnccc3N3CCNCC3)n1)C2.Cc1ncc2c(n1)CN(c1nccc(C(=O)Nc3cnccc3N3CCNCC3)n1)C2.O=C(Nc1cnccc1N1CCNCC1)c1ccnc(N2Cc3cc4c(cc3C2)OCO4)n1.O=C(Nc1cnccc1N1CCNCC1)c1ccnc(N2Cc3nccnc3C2)n1. The number of rotatable bonds is 17. The zero-order valence-electron chi connectivity index (χ0n) is 69.2. The van der Waals surface area contributed by atoms with Crippen molar-refractivity contribution in [2.75, 3.05) is 179 Å². The number of ether oxygens (including phenoxy) is 3. The Hall–Kier alpha value is -15.1. The average Bonchev–Trinajstić information content (AvgIpc) is 1.66. The molecule has 0 radical (unpaired) electrons. The van der Waals surface area contributed by atoms with Crippen LogP contribution in [-0.4, -0.2) is 232 Å². The van der Waals surface area contributed by atoms with Crippen LogP contribution in [0.1, 0.15) is 123 Å². The van der Waals surface area contributed by atoms with Gasteiger partial charge in [0.2, 0.25) is 30.6 Å². The van der Waals surface area contributed by atoms with Gasteiger partial charge in [0.15, 0.2) is 11.5 Å². The molecule has 21 rings (SSSR count). The summed E-state index contributed by atoms with van der Waals surface area (Å²) in [5.74, 6) is 3.03. The van der Waals surface area contributed by atoms with Crippen LogP contribution in [0.25, 0.3) is 0 Å². The molecule has 0 saturated carbocycles. The highest BCUT2D eigenvalue weighted by atomic mass is 16.7. The monoisotopic (exact) mass is 1760 g/mol. The molecular formula is C89H106N34O7. The Morgan fingerprint density at radius 2 is 0.623 bits per heavy atom. The van der Waals surface area contributed by atoms with Gasteiger partial charge in [0.25, 0.3) is 23.6 Å². The summed E-state index contributed by atoms with van der Waals surface area (Å²) >= 11 is 0. The first-order chi connectivity index (χ1) is 61.9. The lowest BCUT2D eigenvalue weighted by molar-refractivity contribution is 0.101. The number of hydrogen-bond acceptors (Lipinski definition) is 37. The topological polar surface area (TPSA) is 450 Å². The number of amides is 4. The first kappa shape index (κ1) is 91.1. The number of carbonyl (C=O) groups is 4. The fourth-order valence-corrected chi connectivity index (χ4v) is 15.8. The van der Waals surface area contributed by atoms with Gasteiger partial charge in [-0.15, -0.1) is 0 Å². The number of fused-ring (bicyclic) bond motifs is 5. The third kappa shape index (κ3) is 21.3. The molecule has 41 nitrogen and oxygen atoms in total. The van der Waals surface area contributed by atoms with Gasteiger partial charge < -0.3 is 95.9 Å². The van der Waals surface area contributed by atoms with E-state index in [-0.39, 0.29) is 65.8 Å². The van der Waals surface area contributed by atoms with Gasteiger partial charge in [-0.05, 0) is 78.7 Å². The number of methoxy groups -OCH3 is 1. The van der Waals surface area contributed by atoms with Crippen LogP contribution in [0.2, 0.25) is 0 Å². The summed E-state index contributed by atoms with van der Waals surface area (Å²) in [6, 6.07) is 18.5. The van der Waals surface area contributed by atoms with E-state index in [9.17, 15) is 19.2 Å². The molecule has 0 spiro atoms. The Balaban J connectivity index is 0.000000138. The highest BCUT2D eigenvalue weighted by Gasteiger charge is 2.32. The van der Waals surface area contributed by atoms with E-state index >= 15 is 0 Å². The van der Waals surface area contributed by atoms with Crippen molar-refractivity contribution in [3.63, 3.8) is 0 Å². The highest BCUT2D eigenvalue weighted by Crippen LogP contribution is 2.40.